The topological polar surface area (TPSA) is 152 Å². The first kappa shape index (κ1) is 36.6. The van der Waals surface area contributed by atoms with Crippen molar-refractivity contribution in [3.05, 3.63) is 40.7 Å². The van der Waals surface area contributed by atoms with Crippen LogP contribution >= 0.6 is 0 Å². The molecule has 1 aromatic heterocycles. The number of ether oxygens (including phenoxy) is 3. The molecule has 4 fully saturated rings. The SMILES string of the molecule is COc1c(C[C@H](NC(=O)Cn2nnc(CNC(=O)OC(C)(C)C)c2C)B2O[C@@H]3C[C@@H]4C[C@@H](C4(C)C)[C@]3(C)O2)cccc1C(=O)OC(C)(C)C. The van der Waals surface area contributed by atoms with Gasteiger partial charge >= 0.3 is 19.2 Å². The van der Waals surface area contributed by atoms with Crippen LogP contribution in [0.25, 0.3) is 0 Å². The van der Waals surface area contributed by atoms with Gasteiger partial charge in [0.15, 0.2) is 0 Å². The van der Waals surface area contributed by atoms with Crippen molar-refractivity contribution in [3.63, 3.8) is 0 Å². The quantitative estimate of drug-likeness (QED) is 0.270. The van der Waals surface area contributed by atoms with E-state index in [9.17, 15) is 14.4 Å². The molecule has 268 valence electrons. The van der Waals surface area contributed by atoms with Crippen molar-refractivity contribution in [2.24, 2.45) is 17.3 Å². The number of para-hydroxylation sites is 1. The Morgan fingerprint density at radius 1 is 1.08 bits per heavy atom. The number of nitrogens with zero attached hydrogens (tertiary/aromatic N) is 3. The molecule has 2 bridgehead atoms. The standard InChI is InChI=1S/C35H52BN5O8/c1-20-24(18-37-31(44)47-33(5,6)7)39-40-41(20)19-28(42)38-27(36-48-26-17-22-16-25(34(22,8)9)35(26,10)49-36)15-21-13-12-14-23(29(21)45-11)30(43)46-32(2,3)4/h12-14,22,25-27H,15-19H2,1-11H3,(H,37,44)(H,38,42)/t22-,25-,26+,27-,35-/m0/s1. The van der Waals surface area contributed by atoms with Gasteiger partial charge < -0.3 is 34.2 Å². The predicted octanol–water partition coefficient (Wildman–Crippen LogP) is 4.57. The van der Waals surface area contributed by atoms with Gasteiger partial charge in [-0.05, 0) is 104 Å². The van der Waals surface area contributed by atoms with E-state index in [-0.39, 0.29) is 36.9 Å². The summed E-state index contributed by atoms with van der Waals surface area (Å²) in [6.07, 6.45) is 1.58. The Morgan fingerprint density at radius 3 is 2.41 bits per heavy atom. The van der Waals surface area contributed by atoms with Crippen LogP contribution in [0.2, 0.25) is 0 Å². The van der Waals surface area contributed by atoms with Crippen LogP contribution in [0.15, 0.2) is 18.2 Å². The number of aromatic nitrogens is 3. The minimum Gasteiger partial charge on any atom is -0.496 e. The second-order valence-electron chi connectivity index (χ2n) is 16.3. The molecule has 2 heterocycles. The summed E-state index contributed by atoms with van der Waals surface area (Å²) in [6.45, 7) is 19.3. The second kappa shape index (κ2) is 13.2. The van der Waals surface area contributed by atoms with Crippen LogP contribution in [0, 0.1) is 24.2 Å². The van der Waals surface area contributed by atoms with Gasteiger partial charge in [-0.1, -0.05) is 31.2 Å². The maximum Gasteiger partial charge on any atom is 0.482 e. The van der Waals surface area contributed by atoms with Crippen LogP contribution in [-0.2, 0) is 43.1 Å². The van der Waals surface area contributed by atoms with Gasteiger partial charge in [0, 0.05) is 0 Å². The average Bonchev–Trinajstić information content (AvgIpc) is 3.52. The van der Waals surface area contributed by atoms with E-state index < -0.39 is 41.9 Å². The summed E-state index contributed by atoms with van der Waals surface area (Å²) >= 11 is 0. The highest BCUT2D eigenvalue weighted by Gasteiger charge is 2.68. The molecule has 4 aliphatic rings. The molecule has 5 atom stereocenters. The number of alkyl carbamates (subject to hydrolysis) is 1. The highest BCUT2D eigenvalue weighted by atomic mass is 16.7. The molecule has 2 amide bonds. The normalized spacial score (nSPS) is 24.7. The predicted molar refractivity (Wildman–Crippen MR) is 182 cm³/mol. The van der Waals surface area contributed by atoms with Gasteiger partial charge in [-0.15, -0.1) is 5.10 Å². The van der Waals surface area contributed by atoms with Crippen molar-refractivity contribution in [3.8, 4) is 5.75 Å². The van der Waals surface area contributed by atoms with Crippen LogP contribution in [0.1, 0.15) is 102 Å². The number of carbonyl (C=O) groups excluding carboxylic acids is 3. The van der Waals surface area contributed by atoms with E-state index in [2.05, 4.69) is 41.7 Å². The summed E-state index contributed by atoms with van der Waals surface area (Å²) in [7, 11) is 0.769. The van der Waals surface area contributed by atoms with Crippen molar-refractivity contribution in [1.29, 1.82) is 0 Å². The van der Waals surface area contributed by atoms with Gasteiger partial charge in [-0.25, -0.2) is 14.3 Å². The van der Waals surface area contributed by atoms with Crippen molar-refractivity contribution in [1.82, 2.24) is 25.6 Å². The number of nitrogens with one attached hydrogen (secondary N) is 2. The number of hydrogen-bond acceptors (Lipinski definition) is 10. The molecule has 1 aromatic carbocycles. The van der Waals surface area contributed by atoms with Gasteiger partial charge in [0.05, 0.1) is 37.0 Å². The molecule has 3 saturated carbocycles. The number of carbonyl (C=O) groups is 3. The van der Waals surface area contributed by atoms with E-state index in [1.807, 2.05) is 26.8 Å². The number of rotatable bonds is 10. The third-order valence-corrected chi connectivity index (χ3v) is 10.2. The van der Waals surface area contributed by atoms with Crippen LogP contribution in [0.5, 0.6) is 5.75 Å². The van der Waals surface area contributed by atoms with E-state index in [0.717, 1.165) is 12.8 Å². The highest BCUT2D eigenvalue weighted by Crippen LogP contribution is 2.65. The summed E-state index contributed by atoms with van der Waals surface area (Å²) in [5, 5.41) is 14.2. The maximum atomic E-state index is 13.7. The van der Waals surface area contributed by atoms with Gasteiger partial charge in [-0.3, -0.25) is 4.79 Å². The molecule has 0 radical (unpaired) electrons. The fraction of sp³-hybridized carbons (Fsp3) is 0.686. The zero-order chi connectivity index (χ0) is 36.1. The molecule has 1 saturated heterocycles. The molecule has 2 aromatic rings. The lowest BCUT2D eigenvalue weighted by Gasteiger charge is -2.64. The molecule has 3 aliphatic carbocycles. The largest absolute Gasteiger partial charge is 0.496 e. The van der Waals surface area contributed by atoms with Crippen LogP contribution < -0.4 is 15.4 Å². The van der Waals surface area contributed by atoms with E-state index >= 15 is 0 Å². The monoisotopic (exact) mass is 681 g/mol. The summed E-state index contributed by atoms with van der Waals surface area (Å²) in [5.74, 6) is -0.194. The average molecular weight is 682 g/mol. The van der Waals surface area contributed by atoms with Gasteiger partial charge in [0.2, 0.25) is 5.91 Å². The zero-order valence-electron chi connectivity index (χ0n) is 30.8. The summed E-state index contributed by atoms with van der Waals surface area (Å²) in [4.78, 5) is 39.0. The Morgan fingerprint density at radius 2 is 1.78 bits per heavy atom. The first-order chi connectivity index (χ1) is 22.7. The van der Waals surface area contributed by atoms with E-state index in [0.29, 0.717) is 40.1 Å². The number of benzene rings is 1. The maximum absolute atomic E-state index is 13.7. The number of amides is 2. The first-order valence-electron chi connectivity index (χ1n) is 17.1. The lowest BCUT2D eigenvalue weighted by atomic mass is 9.43. The van der Waals surface area contributed by atoms with E-state index in [1.165, 1.54) is 11.8 Å². The van der Waals surface area contributed by atoms with Crippen molar-refractivity contribution in [2.45, 2.75) is 130 Å². The molecule has 1 aliphatic heterocycles. The highest BCUT2D eigenvalue weighted by molar-refractivity contribution is 6.48. The molecular weight excluding hydrogens is 629 g/mol. The van der Waals surface area contributed by atoms with Gasteiger partial charge in [0.25, 0.3) is 0 Å². The molecule has 13 nitrogen and oxygen atoms in total. The first-order valence-corrected chi connectivity index (χ1v) is 17.1. The molecule has 14 heteroatoms. The van der Waals surface area contributed by atoms with E-state index in [1.54, 1.807) is 39.8 Å². The second-order valence-corrected chi connectivity index (χ2v) is 16.3. The van der Waals surface area contributed by atoms with Crippen molar-refractivity contribution in [2.75, 3.05) is 7.11 Å². The Hall–Kier alpha value is -3.65. The van der Waals surface area contributed by atoms with E-state index in [4.69, 9.17) is 23.5 Å². The number of hydrogen-bond donors (Lipinski definition) is 2. The lowest BCUT2D eigenvalue weighted by Crippen LogP contribution is -2.65. The third kappa shape index (κ3) is 7.75. The summed E-state index contributed by atoms with van der Waals surface area (Å²) < 4.78 is 31.6. The fourth-order valence-electron chi connectivity index (χ4n) is 7.57. The lowest BCUT2D eigenvalue weighted by molar-refractivity contribution is -0.199. The van der Waals surface area contributed by atoms with Crippen molar-refractivity contribution >= 4 is 25.1 Å². The molecule has 2 N–H and O–H groups in total. The number of esters is 1. The van der Waals surface area contributed by atoms with Gasteiger partial charge in [-0.2, -0.15) is 0 Å². The Bertz CT molecular complexity index is 1580. The summed E-state index contributed by atoms with van der Waals surface area (Å²) in [5.41, 5.74) is 0.461. The zero-order valence-corrected chi connectivity index (χ0v) is 30.8. The smallest absolute Gasteiger partial charge is 0.482 e. The molecule has 6 rings (SSSR count). The minimum atomic E-state index is -0.741. The minimum absolute atomic E-state index is 0.0961. The molecular formula is C35H52BN5O8. The van der Waals surface area contributed by atoms with Crippen LogP contribution in [0.4, 0.5) is 4.79 Å². The van der Waals surface area contributed by atoms with Crippen LogP contribution in [0.3, 0.4) is 0 Å². The molecule has 49 heavy (non-hydrogen) atoms. The van der Waals surface area contributed by atoms with Crippen LogP contribution in [-0.4, -0.2) is 76.0 Å². The number of methoxy groups -OCH3 is 1. The summed E-state index contributed by atoms with van der Waals surface area (Å²) in [6, 6.07) is 5.30. The molecule has 0 unspecified atom stereocenters. The van der Waals surface area contributed by atoms with Crippen molar-refractivity contribution < 1.29 is 37.9 Å². The molecule has 0 spiro atoms. The third-order valence-electron chi connectivity index (χ3n) is 10.2. The Balaban J connectivity index is 1.36. The Kier molecular flexibility index (Phi) is 9.90. The van der Waals surface area contributed by atoms with Gasteiger partial charge in [0.1, 0.15) is 34.8 Å². The Labute approximate surface area is 289 Å². The fourth-order valence-corrected chi connectivity index (χ4v) is 7.57.